The highest BCUT2D eigenvalue weighted by molar-refractivity contribution is 14.1. The maximum atomic E-state index is 13.0. The highest BCUT2D eigenvalue weighted by Gasteiger charge is 2.24. The molecule has 2 rings (SSSR count). The van der Waals surface area contributed by atoms with Gasteiger partial charge >= 0.3 is 7.82 Å². The van der Waals surface area contributed by atoms with Crippen molar-refractivity contribution in [3.63, 3.8) is 0 Å². The molecule has 0 heterocycles. The SMILES string of the molecule is CCCOP(=O)(O)OC[C@@H](CNCCNC(=O)CCc1c(I)cc(I)c(OC)c1I)NC(=O)CCc1c(I)cc(I)c(OC)c1I. The van der Waals surface area contributed by atoms with Crippen LogP contribution in [-0.4, -0.2) is 69.8 Å². The lowest BCUT2D eigenvalue weighted by Gasteiger charge is -2.21. The van der Waals surface area contributed by atoms with E-state index in [9.17, 15) is 19.0 Å². The predicted molar refractivity (Wildman–Crippen MR) is 229 cm³/mol. The van der Waals surface area contributed by atoms with E-state index in [1.54, 1.807) is 14.2 Å². The van der Waals surface area contributed by atoms with Crippen LogP contribution < -0.4 is 25.4 Å². The zero-order valence-electron chi connectivity index (χ0n) is 25.3. The molecule has 258 valence electrons. The van der Waals surface area contributed by atoms with Crippen LogP contribution in [-0.2, 0) is 36.0 Å². The first-order valence-electron chi connectivity index (χ1n) is 14.0. The minimum atomic E-state index is -4.27. The average molecular weight is 1340 g/mol. The molecule has 0 bridgehead atoms. The Morgan fingerprint density at radius 2 is 1.35 bits per heavy atom. The number of carbonyl (C=O) groups is 2. The van der Waals surface area contributed by atoms with Crippen LogP contribution in [0, 0.1) is 21.4 Å². The Labute approximate surface area is 352 Å². The van der Waals surface area contributed by atoms with E-state index in [0.717, 1.165) is 44.0 Å². The van der Waals surface area contributed by atoms with Gasteiger partial charge in [0.2, 0.25) is 11.8 Å². The highest BCUT2D eigenvalue weighted by atomic mass is 127. The summed E-state index contributed by atoms with van der Waals surface area (Å²) in [6.45, 7) is 2.71. The Bertz CT molecular complexity index is 1400. The number of benzene rings is 2. The van der Waals surface area contributed by atoms with Crippen molar-refractivity contribution in [3.8, 4) is 11.5 Å². The number of amides is 2. The molecule has 4 N–H and O–H groups in total. The van der Waals surface area contributed by atoms with E-state index >= 15 is 0 Å². The quantitative estimate of drug-likeness (QED) is 0.0653. The molecule has 2 amide bonds. The van der Waals surface area contributed by atoms with E-state index < -0.39 is 13.9 Å². The van der Waals surface area contributed by atoms with E-state index in [-0.39, 0.29) is 38.0 Å². The fourth-order valence-electron chi connectivity index (χ4n) is 4.07. The van der Waals surface area contributed by atoms with Crippen LogP contribution in [0.15, 0.2) is 12.1 Å². The first-order valence-corrected chi connectivity index (χ1v) is 22.0. The third-order valence-electron chi connectivity index (χ3n) is 6.34. The molecule has 0 radical (unpaired) electrons. The number of carbonyl (C=O) groups excluding carboxylic acids is 2. The third kappa shape index (κ3) is 14.6. The Kier molecular flexibility index (Phi) is 21.2. The molecule has 18 heteroatoms. The van der Waals surface area contributed by atoms with Crippen molar-refractivity contribution in [1.29, 1.82) is 0 Å². The first-order chi connectivity index (χ1) is 21.7. The summed E-state index contributed by atoms with van der Waals surface area (Å²) in [5.74, 6) is 1.29. The molecule has 0 fully saturated rings. The molecule has 11 nitrogen and oxygen atoms in total. The largest absolute Gasteiger partial charge is 0.495 e. The zero-order chi connectivity index (χ0) is 34.4. The van der Waals surface area contributed by atoms with Crippen molar-refractivity contribution >= 4 is 155 Å². The first kappa shape index (κ1) is 43.6. The van der Waals surface area contributed by atoms with Gasteiger partial charge in [0, 0.05) is 39.6 Å². The van der Waals surface area contributed by atoms with Crippen molar-refractivity contribution in [2.24, 2.45) is 0 Å². The normalized spacial score (nSPS) is 13.2. The van der Waals surface area contributed by atoms with Gasteiger partial charge in [0.1, 0.15) is 11.5 Å². The topological polar surface area (TPSA) is 144 Å². The van der Waals surface area contributed by atoms with Crippen LogP contribution in [0.4, 0.5) is 0 Å². The van der Waals surface area contributed by atoms with Gasteiger partial charge in [-0.2, -0.15) is 0 Å². The number of hydrogen-bond donors (Lipinski definition) is 4. The number of ether oxygens (including phenoxy) is 2. The molecule has 2 aromatic carbocycles. The highest BCUT2D eigenvalue weighted by Crippen LogP contribution is 2.43. The third-order valence-corrected chi connectivity index (χ3v) is 13.1. The summed E-state index contributed by atoms with van der Waals surface area (Å²) in [5.41, 5.74) is 2.11. The summed E-state index contributed by atoms with van der Waals surface area (Å²) in [7, 11) is -0.996. The maximum absolute atomic E-state index is 13.0. The second-order valence-corrected chi connectivity index (χ2v) is 18.0. The van der Waals surface area contributed by atoms with Gasteiger partial charge in [-0.05, 0) is 178 Å². The molecule has 0 spiro atoms. The van der Waals surface area contributed by atoms with Crippen molar-refractivity contribution in [3.05, 3.63) is 44.7 Å². The fraction of sp³-hybridized carbons (Fsp3) is 0.500. The van der Waals surface area contributed by atoms with E-state index in [1.807, 2.05) is 19.1 Å². The summed E-state index contributed by atoms with van der Waals surface area (Å²) in [6.07, 6.45) is 2.17. The van der Waals surface area contributed by atoms with E-state index in [2.05, 4.69) is 151 Å². The van der Waals surface area contributed by atoms with Gasteiger partial charge in [0.25, 0.3) is 0 Å². The van der Waals surface area contributed by atoms with E-state index in [4.69, 9.17) is 18.5 Å². The molecular weight excluding hydrogens is 1300 g/mol. The number of nitrogens with one attached hydrogen (secondary N) is 3. The predicted octanol–water partition coefficient (Wildman–Crippen LogP) is 6.63. The Hall–Kier alpha value is 1.43. The molecule has 2 aromatic rings. The summed E-state index contributed by atoms with van der Waals surface area (Å²) in [6, 6.07) is 3.45. The van der Waals surface area contributed by atoms with Crippen molar-refractivity contribution in [1.82, 2.24) is 16.0 Å². The molecule has 1 unspecified atom stereocenters. The smallest absolute Gasteiger partial charge is 0.472 e. The summed E-state index contributed by atoms with van der Waals surface area (Å²) in [4.78, 5) is 35.5. The lowest BCUT2D eigenvalue weighted by Crippen LogP contribution is -2.46. The summed E-state index contributed by atoms with van der Waals surface area (Å²) < 4.78 is 39.6. The number of phosphoric ester groups is 1. The van der Waals surface area contributed by atoms with Gasteiger partial charge < -0.3 is 30.3 Å². The summed E-state index contributed by atoms with van der Waals surface area (Å²) in [5, 5.41) is 9.01. The molecular formula is C28H36I6N3O8P. The van der Waals surface area contributed by atoms with Crippen LogP contribution in [0.3, 0.4) is 0 Å². The molecule has 0 saturated heterocycles. The van der Waals surface area contributed by atoms with E-state index in [0.29, 0.717) is 38.8 Å². The summed E-state index contributed by atoms with van der Waals surface area (Å²) >= 11 is 13.5. The zero-order valence-corrected chi connectivity index (χ0v) is 39.2. The molecule has 0 aliphatic heterocycles. The maximum Gasteiger partial charge on any atom is 0.472 e. The van der Waals surface area contributed by atoms with Crippen LogP contribution >= 0.6 is 143 Å². The number of hydrogen-bond acceptors (Lipinski definition) is 8. The minimum Gasteiger partial charge on any atom is -0.495 e. The molecule has 0 saturated carbocycles. The monoisotopic (exact) mass is 1330 g/mol. The van der Waals surface area contributed by atoms with Crippen molar-refractivity contribution in [2.45, 2.75) is 45.1 Å². The van der Waals surface area contributed by atoms with Gasteiger partial charge in [-0.3, -0.25) is 18.6 Å². The second kappa shape index (κ2) is 22.4. The number of rotatable bonds is 20. The van der Waals surface area contributed by atoms with Crippen molar-refractivity contribution < 1.29 is 37.6 Å². The Balaban J connectivity index is 1.92. The van der Waals surface area contributed by atoms with Gasteiger partial charge in [-0.1, -0.05) is 6.92 Å². The van der Waals surface area contributed by atoms with Gasteiger partial charge in [0.15, 0.2) is 0 Å². The number of methoxy groups -OCH3 is 2. The lowest BCUT2D eigenvalue weighted by atomic mass is 10.1. The van der Waals surface area contributed by atoms with Gasteiger partial charge in [-0.15, -0.1) is 0 Å². The Morgan fingerprint density at radius 3 is 1.85 bits per heavy atom. The minimum absolute atomic E-state index is 0.0783. The standard InChI is InChI=1S/C28H36I6N3O8P/c1-4-11-44-46(40,41)45-15-16(37-24(39)8-6-18-20(30)13-22(32)28(43-3)26(18)34)14-35-9-10-36-23(38)7-5-17-19(29)12-21(31)27(42-2)25(17)33/h12-13,16,35H,4-11,14-15H2,1-3H3,(H,36,38)(H,37,39)(H,40,41)/t16-/m1/s1. The van der Waals surface area contributed by atoms with E-state index in [1.165, 1.54) is 0 Å². The van der Waals surface area contributed by atoms with Crippen molar-refractivity contribution in [2.75, 3.05) is 47.1 Å². The van der Waals surface area contributed by atoms with Crippen LogP contribution in [0.1, 0.15) is 37.3 Å². The molecule has 0 aliphatic carbocycles. The van der Waals surface area contributed by atoms with Gasteiger partial charge in [-0.25, -0.2) is 4.57 Å². The molecule has 0 aromatic heterocycles. The molecule has 46 heavy (non-hydrogen) atoms. The molecule has 0 aliphatic rings. The van der Waals surface area contributed by atoms with Crippen LogP contribution in [0.5, 0.6) is 11.5 Å². The Morgan fingerprint density at radius 1 is 0.826 bits per heavy atom. The average Bonchev–Trinajstić information content (AvgIpc) is 2.98. The number of halogens is 6. The lowest BCUT2D eigenvalue weighted by molar-refractivity contribution is -0.122. The van der Waals surface area contributed by atoms with Crippen LogP contribution in [0.25, 0.3) is 0 Å². The molecule has 2 atom stereocenters. The second-order valence-electron chi connectivity index (χ2n) is 9.75. The number of phosphoric acid groups is 1. The fourth-order valence-corrected chi connectivity index (χ4v) is 13.6. The van der Waals surface area contributed by atoms with Crippen LogP contribution in [0.2, 0.25) is 0 Å². The van der Waals surface area contributed by atoms with Gasteiger partial charge in [0.05, 0.1) is 47.8 Å².